The molecule has 1 aromatic rings. The van der Waals surface area contributed by atoms with Gasteiger partial charge in [-0.2, -0.15) is 0 Å². The molecule has 0 spiro atoms. The van der Waals surface area contributed by atoms with Crippen molar-refractivity contribution in [3.8, 4) is 5.75 Å². The Morgan fingerprint density at radius 2 is 1.52 bits per heavy atom. The van der Waals surface area contributed by atoms with E-state index in [-0.39, 0.29) is 17.9 Å². The van der Waals surface area contributed by atoms with Gasteiger partial charge in [0, 0.05) is 12.8 Å². The maximum atomic E-state index is 6.14. The molecule has 0 aliphatic carbocycles. The molecule has 27 heavy (non-hydrogen) atoms. The molecule has 0 saturated carbocycles. The summed E-state index contributed by atoms with van der Waals surface area (Å²) in [5.41, 5.74) is -0.0314. The highest BCUT2D eigenvalue weighted by Gasteiger charge is 2.45. The zero-order chi connectivity index (χ0) is 19.8. The Labute approximate surface area is 173 Å². The van der Waals surface area contributed by atoms with Gasteiger partial charge >= 0.3 is 0 Å². The van der Waals surface area contributed by atoms with Crippen molar-refractivity contribution in [2.24, 2.45) is 11.8 Å². The molecule has 4 heteroatoms. The minimum absolute atomic E-state index is 0. The molecule has 0 fully saturated rings. The minimum Gasteiger partial charge on any atom is -1.00 e. The quantitative estimate of drug-likeness (QED) is 0.422. The van der Waals surface area contributed by atoms with Crippen LogP contribution < -0.4 is 17.1 Å². The lowest BCUT2D eigenvalue weighted by atomic mass is 9.78. The fourth-order valence-electron chi connectivity index (χ4n) is 3.67. The van der Waals surface area contributed by atoms with Crippen molar-refractivity contribution in [2.75, 3.05) is 27.2 Å². The van der Waals surface area contributed by atoms with Gasteiger partial charge in [0.15, 0.2) is 0 Å². The Balaban J connectivity index is 0.00000676. The fraction of sp³-hybridized carbons (Fsp3) is 0.652. The van der Waals surface area contributed by atoms with Crippen molar-refractivity contribution in [1.82, 2.24) is 0 Å². The number of nitrogens with zero attached hydrogens (tertiary/aromatic N) is 1. The third-order valence-corrected chi connectivity index (χ3v) is 5.15. The molecular formula is C23H40ClNO2. The standard InChI is InChI=1S/C23H40NO2.ClH/c1-9-24(7,8)23(16-19(3)4,17-20(5)6)18-22(25-10-2)26-21-14-12-11-13-15-21;/h11-15,18-20H,9-10,16-17H2,1-8H3;1H/q+1;/p-1. The highest BCUT2D eigenvalue weighted by atomic mass is 35.5. The maximum Gasteiger partial charge on any atom is 0.286 e. The molecule has 1 rings (SSSR count). The summed E-state index contributed by atoms with van der Waals surface area (Å²) in [5, 5.41) is 0. The summed E-state index contributed by atoms with van der Waals surface area (Å²) >= 11 is 0. The highest BCUT2D eigenvalue weighted by Crippen LogP contribution is 2.37. The summed E-state index contributed by atoms with van der Waals surface area (Å²) in [6, 6.07) is 9.91. The summed E-state index contributed by atoms with van der Waals surface area (Å²) in [4.78, 5) is 0. The number of rotatable bonds is 11. The first-order chi connectivity index (χ1) is 12.2. The van der Waals surface area contributed by atoms with Gasteiger partial charge in [-0.1, -0.05) is 45.9 Å². The molecule has 0 atom stereocenters. The zero-order valence-electron chi connectivity index (χ0n) is 18.6. The normalized spacial score (nSPS) is 12.9. The van der Waals surface area contributed by atoms with Gasteiger partial charge in [0.25, 0.3) is 5.95 Å². The highest BCUT2D eigenvalue weighted by molar-refractivity contribution is 5.23. The second-order valence-corrected chi connectivity index (χ2v) is 8.61. The molecule has 156 valence electrons. The summed E-state index contributed by atoms with van der Waals surface area (Å²) in [5.74, 6) is 2.62. The summed E-state index contributed by atoms with van der Waals surface area (Å²) in [7, 11) is 4.65. The SMILES string of the molecule is CCOC(=CC(CC(C)C)(CC(C)C)[N+](C)(C)CC)Oc1ccccc1.[Cl-]. The van der Waals surface area contributed by atoms with E-state index in [9.17, 15) is 0 Å². The van der Waals surface area contributed by atoms with E-state index >= 15 is 0 Å². The Morgan fingerprint density at radius 3 is 1.93 bits per heavy atom. The summed E-state index contributed by atoms with van der Waals surface area (Å²) in [6.45, 7) is 15.1. The van der Waals surface area contributed by atoms with Crippen molar-refractivity contribution in [3.63, 3.8) is 0 Å². The first-order valence-electron chi connectivity index (χ1n) is 10.1. The third-order valence-electron chi connectivity index (χ3n) is 5.15. The Kier molecular flexibility index (Phi) is 11.1. The van der Waals surface area contributed by atoms with Crippen LogP contribution in [0.4, 0.5) is 0 Å². The third kappa shape index (κ3) is 7.75. The number of hydrogen-bond donors (Lipinski definition) is 0. The molecule has 0 unspecified atom stereocenters. The average molecular weight is 398 g/mol. The van der Waals surface area contributed by atoms with Crippen molar-refractivity contribution >= 4 is 0 Å². The molecule has 1 aromatic carbocycles. The zero-order valence-corrected chi connectivity index (χ0v) is 19.3. The molecule has 0 aliphatic heterocycles. The molecule has 0 aromatic heterocycles. The van der Waals surface area contributed by atoms with Gasteiger partial charge in [-0.05, 0) is 37.8 Å². The number of hydrogen-bond acceptors (Lipinski definition) is 2. The van der Waals surface area contributed by atoms with Gasteiger partial charge in [0.2, 0.25) is 0 Å². The minimum atomic E-state index is -0.0314. The molecule has 0 heterocycles. The Bertz CT molecular complexity index is 543. The van der Waals surface area contributed by atoms with Crippen molar-refractivity contribution in [3.05, 3.63) is 42.4 Å². The number of likely N-dealkylation sites (N-methyl/N-ethyl adjacent to an activating group) is 1. The lowest BCUT2D eigenvalue weighted by molar-refractivity contribution is -0.934. The molecule has 0 radical (unpaired) electrons. The molecule has 0 bridgehead atoms. The first kappa shape index (κ1) is 25.8. The second kappa shape index (κ2) is 11.6. The van der Waals surface area contributed by atoms with Crippen LogP contribution in [-0.4, -0.2) is 37.3 Å². The molecule has 0 amide bonds. The van der Waals surface area contributed by atoms with Crippen LogP contribution in [0.1, 0.15) is 54.4 Å². The van der Waals surface area contributed by atoms with E-state index in [1.54, 1.807) is 0 Å². The first-order valence-corrected chi connectivity index (χ1v) is 10.1. The van der Waals surface area contributed by atoms with Crippen LogP contribution in [-0.2, 0) is 4.74 Å². The van der Waals surface area contributed by atoms with Gasteiger partial charge in [-0.15, -0.1) is 0 Å². The average Bonchev–Trinajstić information content (AvgIpc) is 2.54. The summed E-state index contributed by atoms with van der Waals surface area (Å²) in [6.07, 6.45) is 4.47. The van der Waals surface area contributed by atoms with Crippen LogP contribution in [0.3, 0.4) is 0 Å². The van der Waals surface area contributed by atoms with Gasteiger partial charge in [0.1, 0.15) is 11.3 Å². The van der Waals surface area contributed by atoms with Gasteiger partial charge < -0.3 is 26.4 Å². The lowest BCUT2D eigenvalue weighted by Gasteiger charge is -2.48. The fourth-order valence-corrected chi connectivity index (χ4v) is 3.67. The van der Waals surface area contributed by atoms with Crippen LogP contribution in [0.5, 0.6) is 5.75 Å². The molecule has 0 aliphatic rings. The number of para-hydroxylation sites is 1. The topological polar surface area (TPSA) is 18.5 Å². The van der Waals surface area contributed by atoms with Crippen molar-refractivity contribution in [1.29, 1.82) is 0 Å². The molecule has 0 saturated heterocycles. The Hall–Kier alpha value is -1.19. The van der Waals surface area contributed by atoms with Crippen molar-refractivity contribution < 1.29 is 26.4 Å². The van der Waals surface area contributed by atoms with E-state index < -0.39 is 0 Å². The van der Waals surface area contributed by atoms with Crippen molar-refractivity contribution in [2.45, 2.75) is 59.9 Å². The molecule has 3 nitrogen and oxygen atoms in total. The van der Waals surface area contributed by atoms with E-state index in [2.05, 4.69) is 54.8 Å². The molecule has 0 N–H and O–H groups in total. The number of quaternary nitrogens is 1. The smallest absolute Gasteiger partial charge is 0.286 e. The predicted octanol–water partition coefficient (Wildman–Crippen LogP) is 2.87. The van der Waals surface area contributed by atoms with Crippen LogP contribution >= 0.6 is 0 Å². The lowest BCUT2D eigenvalue weighted by Crippen LogP contribution is -3.00. The van der Waals surface area contributed by atoms with E-state index in [0.717, 1.165) is 29.6 Å². The predicted molar refractivity (Wildman–Crippen MR) is 111 cm³/mol. The van der Waals surface area contributed by atoms with Crippen LogP contribution in [0.25, 0.3) is 0 Å². The van der Waals surface area contributed by atoms with E-state index in [1.807, 2.05) is 37.3 Å². The number of benzene rings is 1. The summed E-state index contributed by atoms with van der Waals surface area (Å²) < 4.78 is 13.0. The second-order valence-electron chi connectivity index (χ2n) is 8.61. The molecular weight excluding hydrogens is 358 g/mol. The van der Waals surface area contributed by atoms with Crippen LogP contribution in [0.15, 0.2) is 42.4 Å². The number of halogens is 1. The van der Waals surface area contributed by atoms with Gasteiger partial charge in [-0.3, -0.25) is 0 Å². The van der Waals surface area contributed by atoms with Gasteiger partial charge in [-0.25, -0.2) is 0 Å². The largest absolute Gasteiger partial charge is 1.00 e. The van der Waals surface area contributed by atoms with Gasteiger partial charge in [0.05, 0.1) is 33.3 Å². The van der Waals surface area contributed by atoms with E-state index in [1.165, 1.54) is 0 Å². The maximum absolute atomic E-state index is 6.14. The van der Waals surface area contributed by atoms with Crippen LogP contribution in [0.2, 0.25) is 0 Å². The Morgan fingerprint density at radius 1 is 1.00 bits per heavy atom. The monoisotopic (exact) mass is 397 g/mol. The number of ether oxygens (including phenoxy) is 2. The van der Waals surface area contributed by atoms with E-state index in [0.29, 0.717) is 24.4 Å². The van der Waals surface area contributed by atoms with Crippen LogP contribution in [0, 0.1) is 11.8 Å². The van der Waals surface area contributed by atoms with E-state index in [4.69, 9.17) is 9.47 Å².